The summed E-state index contributed by atoms with van der Waals surface area (Å²) >= 11 is 0. The number of carbonyl (C=O) groups is 2. The molecule has 2 heterocycles. The molecule has 35 heavy (non-hydrogen) atoms. The molecule has 1 aromatic carbocycles. The lowest BCUT2D eigenvalue weighted by Gasteiger charge is -2.52. The van der Waals surface area contributed by atoms with Crippen LogP contribution in [0.2, 0.25) is 0 Å². The summed E-state index contributed by atoms with van der Waals surface area (Å²) < 4.78 is 0. The van der Waals surface area contributed by atoms with Gasteiger partial charge < -0.3 is 15.3 Å². The third-order valence-corrected chi connectivity index (χ3v) is 8.38. The predicted molar refractivity (Wildman–Crippen MR) is 137 cm³/mol. The molecule has 2 atom stereocenters. The fraction of sp³-hybridized carbons (Fsp3) is 0.655. The minimum Gasteiger partial charge on any atom is -0.390 e. The summed E-state index contributed by atoms with van der Waals surface area (Å²) in [6.45, 7) is 8.68. The Morgan fingerprint density at radius 1 is 1.09 bits per heavy atom. The van der Waals surface area contributed by atoms with Gasteiger partial charge in [0.15, 0.2) is 0 Å². The quantitative estimate of drug-likeness (QED) is 0.613. The summed E-state index contributed by atoms with van der Waals surface area (Å²) in [4.78, 5) is 31.3. The Balaban J connectivity index is 1.46. The number of hydrogen-bond donors (Lipinski definition) is 2. The topological polar surface area (TPSA) is 72.9 Å². The normalized spacial score (nSPS) is 24.3. The van der Waals surface area contributed by atoms with Gasteiger partial charge in [0.1, 0.15) is 11.6 Å². The Hall–Kier alpha value is -2.36. The number of rotatable bonds is 6. The van der Waals surface area contributed by atoms with Gasteiger partial charge >= 0.3 is 0 Å². The lowest BCUT2D eigenvalue weighted by atomic mass is 9.78. The minimum atomic E-state index is -0.887. The van der Waals surface area contributed by atoms with E-state index in [0.29, 0.717) is 18.8 Å². The Bertz CT molecular complexity index is 948. The molecular weight excluding hydrogens is 438 g/mol. The average Bonchev–Trinajstić information content (AvgIpc) is 2.88. The molecule has 2 amide bonds. The Kier molecular flexibility index (Phi) is 8.19. The number of hydrogen-bond acceptors (Lipinski definition) is 4. The monoisotopic (exact) mass is 479 g/mol. The second-order valence-corrected chi connectivity index (χ2v) is 10.9. The van der Waals surface area contributed by atoms with Crippen LogP contribution in [-0.2, 0) is 16.1 Å². The van der Waals surface area contributed by atoms with Crippen molar-refractivity contribution < 1.29 is 14.7 Å². The SMILES string of the molecule is CC#CCN1C(=O)[C@@H]([C@H](O)C2CCCCC2)NC(=O)C12CCN(Cc1ccc(C(C)C)cc1)CC2. The number of piperazine rings is 1. The van der Waals surface area contributed by atoms with Crippen LogP contribution >= 0.6 is 0 Å². The van der Waals surface area contributed by atoms with Gasteiger partial charge in [-0.25, -0.2) is 0 Å². The van der Waals surface area contributed by atoms with Crippen LogP contribution in [0, 0.1) is 17.8 Å². The molecule has 2 N–H and O–H groups in total. The maximum atomic E-state index is 13.7. The molecule has 0 radical (unpaired) electrons. The van der Waals surface area contributed by atoms with Crippen molar-refractivity contribution in [3.8, 4) is 11.8 Å². The summed E-state index contributed by atoms with van der Waals surface area (Å²) in [5, 5.41) is 14.0. The van der Waals surface area contributed by atoms with Gasteiger partial charge in [-0.05, 0) is 55.6 Å². The van der Waals surface area contributed by atoms with E-state index in [2.05, 4.69) is 60.2 Å². The van der Waals surface area contributed by atoms with E-state index >= 15 is 0 Å². The highest BCUT2D eigenvalue weighted by molar-refractivity contribution is 6.00. The number of carbonyl (C=O) groups excluding carboxylic acids is 2. The first-order chi connectivity index (χ1) is 16.9. The van der Waals surface area contributed by atoms with Gasteiger partial charge in [0.05, 0.1) is 12.6 Å². The number of benzene rings is 1. The van der Waals surface area contributed by atoms with E-state index < -0.39 is 17.7 Å². The van der Waals surface area contributed by atoms with Crippen molar-refractivity contribution in [2.45, 2.75) is 95.9 Å². The molecular formula is C29H41N3O3. The molecule has 4 rings (SSSR count). The molecule has 1 aliphatic carbocycles. The first kappa shape index (κ1) is 25.7. The third kappa shape index (κ3) is 5.42. The summed E-state index contributed by atoms with van der Waals surface area (Å²) in [5.41, 5.74) is 1.71. The summed E-state index contributed by atoms with van der Waals surface area (Å²) in [5.74, 6) is 6.18. The summed E-state index contributed by atoms with van der Waals surface area (Å²) in [6.07, 6.45) is 5.45. The third-order valence-electron chi connectivity index (χ3n) is 8.38. The molecule has 1 spiro atoms. The molecule has 6 nitrogen and oxygen atoms in total. The van der Waals surface area contributed by atoms with E-state index in [1.165, 1.54) is 17.5 Å². The van der Waals surface area contributed by atoms with E-state index in [0.717, 1.165) is 45.3 Å². The standard InChI is InChI=1S/C29H41N3O3/c1-4-5-17-32-27(34)25(26(33)24-9-7-6-8-10-24)30-28(35)29(32)15-18-31(19-16-29)20-22-11-13-23(14-12-22)21(2)3/h11-14,21,24-26,33H,6-10,15-20H2,1-3H3,(H,30,35)/t25-,26-/m1/s1. The van der Waals surface area contributed by atoms with E-state index in [-0.39, 0.29) is 24.3 Å². The highest BCUT2D eigenvalue weighted by atomic mass is 16.3. The second-order valence-electron chi connectivity index (χ2n) is 10.9. The van der Waals surface area contributed by atoms with Crippen molar-refractivity contribution in [1.29, 1.82) is 0 Å². The Morgan fingerprint density at radius 2 is 1.74 bits per heavy atom. The van der Waals surface area contributed by atoms with E-state index in [1.807, 2.05) is 0 Å². The zero-order valence-electron chi connectivity index (χ0n) is 21.6. The Morgan fingerprint density at radius 3 is 2.34 bits per heavy atom. The highest BCUT2D eigenvalue weighted by Gasteiger charge is 2.55. The minimum absolute atomic E-state index is 0.0649. The molecule has 2 aliphatic heterocycles. The molecule has 0 unspecified atom stereocenters. The van der Waals surface area contributed by atoms with E-state index in [1.54, 1.807) is 11.8 Å². The number of piperidine rings is 1. The molecule has 6 heteroatoms. The molecule has 0 aromatic heterocycles. The van der Waals surface area contributed by atoms with Gasteiger partial charge in [-0.15, -0.1) is 5.92 Å². The van der Waals surface area contributed by atoms with Gasteiger partial charge in [-0.2, -0.15) is 0 Å². The van der Waals surface area contributed by atoms with Crippen LogP contribution in [-0.4, -0.2) is 64.0 Å². The lowest BCUT2D eigenvalue weighted by molar-refractivity contribution is -0.164. The molecule has 1 aromatic rings. The number of amides is 2. The van der Waals surface area contributed by atoms with E-state index in [9.17, 15) is 14.7 Å². The summed E-state index contributed by atoms with van der Waals surface area (Å²) in [6, 6.07) is 7.91. The number of likely N-dealkylation sites (tertiary alicyclic amines) is 1. The number of nitrogens with zero attached hydrogens (tertiary/aromatic N) is 2. The fourth-order valence-electron chi connectivity index (χ4n) is 6.05. The number of nitrogens with one attached hydrogen (secondary N) is 1. The molecule has 2 saturated heterocycles. The van der Waals surface area contributed by atoms with Gasteiger partial charge in [0.2, 0.25) is 11.8 Å². The van der Waals surface area contributed by atoms with Crippen molar-refractivity contribution in [2.24, 2.45) is 5.92 Å². The second kappa shape index (κ2) is 11.1. The smallest absolute Gasteiger partial charge is 0.249 e. The van der Waals surface area contributed by atoms with Crippen molar-refractivity contribution in [2.75, 3.05) is 19.6 Å². The zero-order valence-corrected chi connectivity index (χ0v) is 21.6. The number of aliphatic hydroxyl groups excluding tert-OH is 1. The van der Waals surface area contributed by atoms with Crippen molar-refractivity contribution in [3.05, 3.63) is 35.4 Å². The van der Waals surface area contributed by atoms with Gasteiger partial charge in [0.25, 0.3) is 0 Å². The Labute approximate surface area is 210 Å². The van der Waals surface area contributed by atoms with Crippen LogP contribution < -0.4 is 5.32 Å². The maximum absolute atomic E-state index is 13.7. The maximum Gasteiger partial charge on any atom is 0.249 e. The van der Waals surface area contributed by atoms with E-state index in [4.69, 9.17) is 0 Å². The average molecular weight is 480 g/mol. The van der Waals surface area contributed by atoms with Gasteiger partial charge in [-0.1, -0.05) is 63.3 Å². The zero-order chi connectivity index (χ0) is 25.0. The highest BCUT2D eigenvalue weighted by Crippen LogP contribution is 2.36. The fourth-order valence-corrected chi connectivity index (χ4v) is 6.05. The lowest BCUT2D eigenvalue weighted by Crippen LogP contribution is -2.75. The predicted octanol–water partition coefficient (Wildman–Crippen LogP) is 3.44. The van der Waals surface area contributed by atoms with Crippen molar-refractivity contribution in [1.82, 2.24) is 15.1 Å². The molecule has 0 bridgehead atoms. The molecule has 3 fully saturated rings. The van der Waals surface area contributed by atoms with Crippen molar-refractivity contribution >= 4 is 11.8 Å². The van der Waals surface area contributed by atoms with Crippen LogP contribution in [0.5, 0.6) is 0 Å². The van der Waals surface area contributed by atoms with Crippen LogP contribution in [0.3, 0.4) is 0 Å². The van der Waals surface area contributed by atoms with Crippen LogP contribution in [0.4, 0.5) is 0 Å². The first-order valence-electron chi connectivity index (χ1n) is 13.4. The molecule has 1 saturated carbocycles. The van der Waals surface area contributed by atoms with Crippen LogP contribution in [0.25, 0.3) is 0 Å². The summed E-state index contributed by atoms with van der Waals surface area (Å²) in [7, 11) is 0. The van der Waals surface area contributed by atoms with Gasteiger partial charge in [0, 0.05) is 19.6 Å². The molecule has 3 aliphatic rings. The molecule has 190 valence electrons. The van der Waals surface area contributed by atoms with Gasteiger partial charge in [-0.3, -0.25) is 14.5 Å². The first-order valence-corrected chi connectivity index (χ1v) is 13.4. The van der Waals surface area contributed by atoms with Crippen molar-refractivity contribution in [3.63, 3.8) is 0 Å². The largest absolute Gasteiger partial charge is 0.390 e. The van der Waals surface area contributed by atoms with Crippen LogP contribution in [0.1, 0.15) is 82.8 Å². The van der Waals surface area contributed by atoms with Crippen LogP contribution in [0.15, 0.2) is 24.3 Å². The number of aliphatic hydroxyl groups is 1.